The van der Waals surface area contributed by atoms with Crippen LogP contribution in [0, 0.1) is 0 Å². The van der Waals surface area contributed by atoms with Crippen molar-refractivity contribution in [2.75, 3.05) is 13.2 Å². The highest BCUT2D eigenvalue weighted by Gasteiger charge is 2.16. The summed E-state index contributed by atoms with van der Waals surface area (Å²) in [6.07, 6.45) is 1.76. The summed E-state index contributed by atoms with van der Waals surface area (Å²) in [5, 5.41) is 11.0. The second-order valence-corrected chi connectivity index (χ2v) is 4.15. The molecular formula is C10H20N4O. The van der Waals surface area contributed by atoms with Crippen molar-refractivity contribution >= 4 is 0 Å². The number of hydrogen-bond donors (Lipinski definition) is 1. The first-order valence-electron chi connectivity index (χ1n) is 5.23. The van der Waals surface area contributed by atoms with Gasteiger partial charge in [-0.2, -0.15) is 0 Å². The topological polar surface area (TPSA) is 52.0 Å². The van der Waals surface area contributed by atoms with Crippen LogP contribution in [0.1, 0.15) is 26.5 Å². The van der Waals surface area contributed by atoms with Crippen LogP contribution in [0.3, 0.4) is 0 Å². The number of aromatic nitrogens is 3. The van der Waals surface area contributed by atoms with Crippen molar-refractivity contribution in [3.8, 4) is 0 Å². The van der Waals surface area contributed by atoms with Crippen molar-refractivity contribution < 1.29 is 4.74 Å². The minimum absolute atomic E-state index is 0.124. The fraction of sp³-hybridized carbons (Fsp3) is 0.800. The molecule has 0 aliphatic heterocycles. The molecule has 1 aromatic heterocycles. The van der Waals surface area contributed by atoms with Crippen molar-refractivity contribution in [3.63, 3.8) is 0 Å². The van der Waals surface area contributed by atoms with Gasteiger partial charge in [-0.05, 0) is 20.8 Å². The fourth-order valence-corrected chi connectivity index (χ4v) is 1.40. The lowest BCUT2D eigenvalue weighted by Gasteiger charge is -2.24. The van der Waals surface area contributed by atoms with Gasteiger partial charge < -0.3 is 10.1 Å². The maximum Gasteiger partial charge on any atom is 0.0750 e. The van der Waals surface area contributed by atoms with E-state index in [1.54, 1.807) is 10.9 Å². The van der Waals surface area contributed by atoms with Crippen LogP contribution in [-0.2, 0) is 18.3 Å². The van der Waals surface area contributed by atoms with Crippen molar-refractivity contribution in [1.29, 1.82) is 0 Å². The molecule has 0 bridgehead atoms. The van der Waals surface area contributed by atoms with Crippen LogP contribution in [0.25, 0.3) is 0 Å². The van der Waals surface area contributed by atoms with E-state index in [1.807, 2.05) is 14.0 Å². The molecule has 0 spiro atoms. The minimum atomic E-state index is -0.124. The average molecular weight is 212 g/mol. The van der Waals surface area contributed by atoms with Gasteiger partial charge in [0.15, 0.2) is 0 Å². The molecule has 1 heterocycles. The van der Waals surface area contributed by atoms with E-state index in [0.717, 1.165) is 25.4 Å². The van der Waals surface area contributed by atoms with Crippen LogP contribution in [-0.4, -0.2) is 33.7 Å². The molecule has 15 heavy (non-hydrogen) atoms. The molecule has 0 aliphatic rings. The zero-order valence-electron chi connectivity index (χ0n) is 9.95. The van der Waals surface area contributed by atoms with Crippen LogP contribution >= 0.6 is 0 Å². The maximum absolute atomic E-state index is 5.58. The number of nitrogens with one attached hydrogen (secondary N) is 1. The van der Waals surface area contributed by atoms with E-state index in [0.29, 0.717) is 0 Å². The Morgan fingerprint density at radius 1 is 1.53 bits per heavy atom. The van der Waals surface area contributed by atoms with E-state index in [9.17, 15) is 0 Å². The van der Waals surface area contributed by atoms with Gasteiger partial charge in [-0.1, -0.05) is 5.21 Å². The van der Waals surface area contributed by atoms with E-state index >= 15 is 0 Å². The Morgan fingerprint density at radius 3 is 2.80 bits per heavy atom. The number of nitrogens with zero attached hydrogens (tertiary/aromatic N) is 3. The molecule has 1 N–H and O–H groups in total. The molecule has 0 atom stereocenters. The second-order valence-electron chi connectivity index (χ2n) is 4.15. The standard InChI is InChI=1S/C10H20N4O/c1-5-15-10(2,3)8-11-6-9-7-12-13-14(9)4/h7,11H,5-6,8H2,1-4H3. The second kappa shape index (κ2) is 5.23. The largest absolute Gasteiger partial charge is 0.375 e. The highest BCUT2D eigenvalue weighted by Crippen LogP contribution is 2.07. The smallest absolute Gasteiger partial charge is 0.0750 e. The number of hydrogen-bond acceptors (Lipinski definition) is 4. The molecule has 0 radical (unpaired) electrons. The summed E-state index contributed by atoms with van der Waals surface area (Å²) < 4.78 is 7.34. The normalized spacial score (nSPS) is 12.0. The summed E-state index contributed by atoms with van der Waals surface area (Å²) in [6, 6.07) is 0. The van der Waals surface area contributed by atoms with Gasteiger partial charge in [-0.15, -0.1) is 5.10 Å². The van der Waals surface area contributed by atoms with Crippen LogP contribution in [0.5, 0.6) is 0 Å². The molecular weight excluding hydrogens is 192 g/mol. The van der Waals surface area contributed by atoms with Crippen molar-refractivity contribution in [1.82, 2.24) is 20.3 Å². The third kappa shape index (κ3) is 3.97. The Labute approximate surface area is 90.8 Å². The summed E-state index contributed by atoms with van der Waals surface area (Å²) in [5.41, 5.74) is 0.947. The summed E-state index contributed by atoms with van der Waals surface area (Å²) >= 11 is 0. The lowest BCUT2D eigenvalue weighted by atomic mass is 10.1. The summed E-state index contributed by atoms with van der Waals surface area (Å²) in [7, 11) is 1.89. The third-order valence-corrected chi connectivity index (χ3v) is 2.20. The molecule has 0 aliphatic carbocycles. The molecule has 1 aromatic rings. The zero-order valence-corrected chi connectivity index (χ0v) is 9.95. The summed E-state index contributed by atoms with van der Waals surface area (Å²) in [6.45, 7) is 8.47. The zero-order chi connectivity index (χ0) is 11.3. The molecule has 0 aromatic carbocycles. The summed E-state index contributed by atoms with van der Waals surface area (Å²) in [4.78, 5) is 0. The quantitative estimate of drug-likeness (QED) is 0.755. The first-order chi connectivity index (χ1) is 7.05. The molecule has 5 heteroatoms. The molecule has 0 amide bonds. The van der Waals surface area contributed by atoms with E-state index in [2.05, 4.69) is 29.5 Å². The highest BCUT2D eigenvalue weighted by molar-refractivity contribution is 4.92. The molecule has 5 nitrogen and oxygen atoms in total. The van der Waals surface area contributed by atoms with Crippen LogP contribution < -0.4 is 5.32 Å². The van der Waals surface area contributed by atoms with E-state index in [4.69, 9.17) is 4.74 Å². The van der Waals surface area contributed by atoms with Crippen LogP contribution in [0.2, 0.25) is 0 Å². The number of aryl methyl sites for hydroxylation is 1. The molecule has 0 saturated carbocycles. The Morgan fingerprint density at radius 2 is 2.27 bits per heavy atom. The average Bonchev–Trinajstić information content (AvgIpc) is 2.51. The predicted octanol–water partition coefficient (Wildman–Crippen LogP) is 0.720. The Balaban J connectivity index is 2.30. The van der Waals surface area contributed by atoms with E-state index in [1.165, 1.54) is 0 Å². The number of rotatable bonds is 6. The summed E-state index contributed by atoms with van der Waals surface area (Å²) in [5.74, 6) is 0. The van der Waals surface area contributed by atoms with Crippen LogP contribution in [0.15, 0.2) is 6.20 Å². The maximum atomic E-state index is 5.58. The lowest BCUT2D eigenvalue weighted by Crippen LogP contribution is -2.37. The van der Waals surface area contributed by atoms with Gasteiger partial charge in [0, 0.05) is 26.7 Å². The SMILES string of the molecule is CCOC(C)(C)CNCc1cnnn1C. The highest BCUT2D eigenvalue weighted by atomic mass is 16.5. The van der Waals surface area contributed by atoms with Gasteiger partial charge in [0.25, 0.3) is 0 Å². The van der Waals surface area contributed by atoms with Gasteiger partial charge in [-0.3, -0.25) is 4.68 Å². The fourth-order valence-electron chi connectivity index (χ4n) is 1.40. The van der Waals surface area contributed by atoms with Crippen molar-refractivity contribution in [2.45, 2.75) is 32.9 Å². The number of ether oxygens (including phenoxy) is 1. The van der Waals surface area contributed by atoms with Gasteiger partial charge >= 0.3 is 0 Å². The first-order valence-corrected chi connectivity index (χ1v) is 5.23. The van der Waals surface area contributed by atoms with Crippen LogP contribution in [0.4, 0.5) is 0 Å². The third-order valence-electron chi connectivity index (χ3n) is 2.20. The van der Waals surface area contributed by atoms with Gasteiger partial charge in [0.2, 0.25) is 0 Å². The molecule has 0 saturated heterocycles. The Kier molecular flexibility index (Phi) is 4.23. The molecule has 0 fully saturated rings. The van der Waals surface area contributed by atoms with Crippen molar-refractivity contribution in [3.05, 3.63) is 11.9 Å². The van der Waals surface area contributed by atoms with Crippen molar-refractivity contribution in [2.24, 2.45) is 7.05 Å². The van der Waals surface area contributed by atoms with E-state index < -0.39 is 0 Å². The molecule has 0 unspecified atom stereocenters. The monoisotopic (exact) mass is 212 g/mol. The van der Waals surface area contributed by atoms with Gasteiger partial charge in [-0.25, -0.2) is 0 Å². The Bertz CT molecular complexity index is 295. The van der Waals surface area contributed by atoms with Gasteiger partial charge in [0.05, 0.1) is 17.5 Å². The Hall–Kier alpha value is -0.940. The molecule has 86 valence electrons. The lowest BCUT2D eigenvalue weighted by molar-refractivity contribution is -0.00906. The minimum Gasteiger partial charge on any atom is -0.375 e. The first kappa shape index (κ1) is 12.1. The predicted molar refractivity (Wildman–Crippen MR) is 58.4 cm³/mol. The molecule has 1 rings (SSSR count). The van der Waals surface area contributed by atoms with E-state index in [-0.39, 0.29) is 5.60 Å². The van der Waals surface area contributed by atoms with Gasteiger partial charge in [0.1, 0.15) is 0 Å².